The number of nitrogens with zero attached hydrogens (tertiary/aromatic N) is 2. The summed E-state index contributed by atoms with van der Waals surface area (Å²) in [5.74, 6) is 3.39. The minimum Gasteiger partial charge on any atom is -0.355 e. The van der Waals surface area contributed by atoms with Crippen LogP contribution in [0.2, 0.25) is 0 Å². The molecule has 0 saturated heterocycles. The van der Waals surface area contributed by atoms with Gasteiger partial charge in [-0.3, -0.25) is 0 Å². The average molecular weight is 263 g/mol. The zero-order chi connectivity index (χ0) is 13.8. The number of hydrogen-bond acceptors (Lipinski definition) is 2. The Bertz CT molecular complexity index is 395. The molecule has 1 saturated carbocycles. The zero-order valence-electron chi connectivity index (χ0n) is 12.9. The summed E-state index contributed by atoms with van der Waals surface area (Å²) in [5.41, 5.74) is 1.12. The van der Waals surface area contributed by atoms with E-state index in [1.54, 1.807) is 0 Å². The van der Waals surface area contributed by atoms with E-state index >= 15 is 0 Å². The highest BCUT2D eigenvalue weighted by molar-refractivity contribution is 5.28. The predicted octanol–water partition coefficient (Wildman–Crippen LogP) is 4.09. The van der Waals surface area contributed by atoms with Gasteiger partial charge in [0, 0.05) is 19.3 Å². The van der Waals surface area contributed by atoms with E-state index in [0.29, 0.717) is 5.92 Å². The van der Waals surface area contributed by atoms with Crippen LogP contribution in [0.4, 0.5) is 5.95 Å². The number of anilines is 1. The molecule has 1 aromatic rings. The van der Waals surface area contributed by atoms with Crippen molar-refractivity contribution < 1.29 is 0 Å². The SMILES string of the molecule is Cc1cn(CC2CCCCC2C)c(NCC(C)C)n1. The number of nitrogens with one attached hydrogen (secondary N) is 1. The average Bonchev–Trinajstić information content (AvgIpc) is 2.70. The van der Waals surface area contributed by atoms with Crippen LogP contribution in [-0.4, -0.2) is 16.1 Å². The van der Waals surface area contributed by atoms with E-state index in [1.807, 2.05) is 0 Å². The molecule has 1 heterocycles. The molecular formula is C16H29N3. The lowest BCUT2D eigenvalue weighted by molar-refractivity contribution is 0.229. The first-order valence-corrected chi connectivity index (χ1v) is 7.84. The second-order valence-electron chi connectivity index (χ2n) is 6.65. The van der Waals surface area contributed by atoms with Crippen molar-refractivity contribution in [2.75, 3.05) is 11.9 Å². The quantitative estimate of drug-likeness (QED) is 0.867. The first-order chi connectivity index (χ1) is 9.06. The topological polar surface area (TPSA) is 29.9 Å². The first-order valence-electron chi connectivity index (χ1n) is 7.84. The lowest BCUT2D eigenvalue weighted by atomic mass is 9.80. The Morgan fingerprint density at radius 2 is 2.11 bits per heavy atom. The lowest BCUT2D eigenvalue weighted by Gasteiger charge is -2.29. The molecule has 1 aliphatic rings. The molecule has 0 radical (unpaired) electrons. The Morgan fingerprint density at radius 3 is 2.79 bits per heavy atom. The molecule has 0 amide bonds. The van der Waals surface area contributed by atoms with Crippen LogP contribution >= 0.6 is 0 Å². The van der Waals surface area contributed by atoms with Gasteiger partial charge >= 0.3 is 0 Å². The zero-order valence-corrected chi connectivity index (χ0v) is 12.9. The van der Waals surface area contributed by atoms with Gasteiger partial charge in [0.25, 0.3) is 0 Å². The molecule has 2 atom stereocenters. The fourth-order valence-electron chi connectivity index (χ4n) is 3.04. The highest BCUT2D eigenvalue weighted by Crippen LogP contribution is 2.31. The van der Waals surface area contributed by atoms with Crippen molar-refractivity contribution in [2.24, 2.45) is 17.8 Å². The minimum absolute atomic E-state index is 0.652. The molecular weight excluding hydrogens is 234 g/mol. The van der Waals surface area contributed by atoms with Crippen molar-refractivity contribution in [1.29, 1.82) is 0 Å². The molecule has 0 aliphatic heterocycles. The van der Waals surface area contributed by atoms with Gasteiger partial charge in [-0.05, 0) is 31.1 Å². The monoisotopic (exact) mass is 263 g/mol. The predicted molar refractivity (Wildman–Crippen MR) is 81.4 cm³/mol. The van der Waals surface area contributed by atoms with Crippen molar-refractivity contribution in [3.8, 4) is 0 Å². The lowest BCUT2D eigenvalue weighted by Crippen LogP contribution is -2.23. The number of aromatic nitrogens is 2. The summed E-state index contributed by atoms with van der Waals surface area (Å²) in [6, 6.07) is 0. The first kappa shape index (κ1) is 14.4. The number of imidazole rings is 1. The van der Waals surface area contributed by atoms with Crippen molar-refractivity contribution in [1.82, 2.24) is 9.55 Å². The van der Waals surface area contributed by atoms with Gasteiger partial charge in [-0.15, -0.1) is 0 Å². The third-order valence-corrected chi connectivity index (χ3v) is 4.29. The molecule has 0 aromatic carbocycles. The van der Waals surface area contributed by atoms with Gasteiger partial charge in [0.15, 0.2) is 0 Å². The summed E-state index contributed by atoms with van der Waals surface area (Å²) >= 11 is 0. The van der Waals surface area contributed by atoms with Gasteiger partial charge in [-0.2, -0.15) is 0 Å². The number of aryl methyl sites for hydroxylation is 1. The van der Waals surface area contributed by atoms with Crippen LogP contribution in [0.3, 0.4) is 0 Å². The molecule has 3 nitrogen and oxygen atoms in total. The molecule has 1 fully saturated rings. The Balaban J connectivity index is 2.02. The highest BCUT2D eigenvalue weighted by Gasteiger charge is 2.22. The molecule has 2 unspecified atom stereocenters. The molecule has 19 heavy (non-hydrogen) atoms. The van der Waals surface area contributed by atoms with Gasteiger partial charge < -0.3 is 9.88 Å². The third-order valence-electron chi connectivity index (χ3n) is 4.29. The minimum atomic E-state index is 0.652. The van der Waals surface area contributed by atoms with E-state index in [0.717, 1.165) is 36.6 Å². The molecule has 0 bridgehead atoms. The maximum atomic E-state index is 4.62. The van der Waals surface area contributed by atoms with Crippen LogP contribution in [0, 0.1) is 24.7 Å². The van der Waals surface area contributed by atoms with E-state index in [4.69, 9.17) is 0 Å². The van der Waals surface area contributed by atoms with E-state index < -0.39 is 0 Å². The maximum Gasteiger partial charge on any atom is 0.203 e. The summed E-state index contributed by atoms with van der Waals surface area (Å²) in [6.45, 7) is 11.1. The second-order valence-corrected chi connectivity index (χ2v) is 6.65. The number of rotatable bonds is 5. The summed E-state index contributed by atoms with van der Waals surface area (Å²) in [6.07, 6.45) is 7.79. The van der Waals surface area contributed by atoms with Crippen molar-refractivity contribution in [2.45, 2.75) is 59.9 Å². The molecule has 0 spiro atoms. The summed E-state index contributed by atoms with van der Waals surface area (Å²) < 4.78 is 2.34. The Morgan fingerprint density at radius 1 is 1.37 bits per heavy atom. The standard InChI is InChI=1S/C16H29N3/c1-12(2)9-17-16-18-14(4)10-19(16)11-15-8-6-5-7-13(15)3/h10,12-13,15H,5-9,11H2,1-4H3,(H,17,18). The van der Waals surface area contributed by atoms with Crippen LogP contribution in [0.1, 0.15) is 52.1 Å². The van der Waals surface area contributed by atoms with Gasteiger partial charge in [0.05, 0.1) is 5.69 Å². The largest absolute Gasteiger partial charge is 0.355 e. The highest BCUT2D eigenvalue weighted by atomic mass is 15.2. The van der Waals surface area contributed by atoms with Crippen LogP contribution in [0.5, 0.6) is 0 Å². The summed E-state index contributed by atoms with van der Waals surface area (Å²) in [4.78, 5) is 4.62. The fourth-order valence-corrected chi connectivity index (χ4v) is 3.04. The van der Waals surface area contributed by atoms with E-state index in [9.17, 15) is 0 Å². The van der Waals surface area contributed by atoms with E-state index in [1.165, 1.54) is 25.7 Å². The maximum absolute atomic E-state index is 4.62. The van der Waals surface area contributed by atoms with Crippen LogP contribution < -0.4 is 5.32 Å². The normalized spacial score (nSPS) is 23.8. The third kappa shape index (κ3) is 3.99. The molecule has 1 aromatic heterocycles. The van der Waals surface area contributed by atoms with Gasteiger partial charge in [0.2, 0.25) is 5.95 Å². The van der Waals surface area contributed by atoms with Crippen molar-refractivity contribution >= 4 is 5.95 Å². The molecule has 108 valence electrons. The summed E-state index contributed by atoms with van der Waals surface area (Å²) in [7, 11) is 0. The number of hydrogen-bond donors (Lipinski definition) is 1. The van der Waals surface area contributed by atoms with Gasteiger partial charge in [-0.1, -0.05) is 40.0 Å². The Hall–Kier alpha value is -0.990. The molecule has 2 rings (SSSR count). The summed E-state index contributed by atoms with van der Waals surface area (Å²) in [5, 5.41) is 3.49. The fraction of sp³-hybridized carbons (Fsp3) is 0.812. The van der Waals surface area contributed by atoms with Crippen molar-refractivity contribution in [3.05, 3.63) is 11.9 Å². The molecule has 3 heteroatoms. The molecule has 1 aliphatic carbocycles. The van der Waals surface area contributed by atoms with E-state index in [-0.39, 0.29) is 0 Å². The second kappa shape index (κ2) is 6.44. The van der Waals surface area contributed by atoms with Crippen LogP contribution in [0.25, 0.3) is 0 Å². The van der Waals surface area contributed by atoms with Crippen molar-refractivity contribution in [3.63, 3.8) is 0 Å². The van der Waals surface area contributed by atoms with Crippen LogP contribution in [-0.2, 0) is 6.54 Å². The molecule has 1 N–H and O–H groups in total. The smallest absolute Gasteiger partial charge is 0.203 e. The van der Waals surface area contributed by atoms with E-state index in [2.05, 4.69) is 48.8 Å². The van der Waals surface area contributed by atoms with Gasteiger partial charge in [0.1, 0.15) is 0 Å². The Kier molecular flexibility index (Phi) is 4.89. The van der Waals surface area contributed by atoms with Crippen LogP contribution in [0.15, 0.2) is 6.20 Å². The Labute approximate surface area is 117 Å². The van der Waals surface area contributed by atoms with Gasteiger partial charge in [-0.25, -0.2) is 4.98 Å².